The lowest BCUT2D eigenvalue weighted by Crippen LogP contribution is -2.32. The van der Waals surface area contributed by atoms with Gasteiger partial charge < -0.3 is 0 Å². The van der Waals surface area contributed by atoms with Crippen molar-refractivity contribution in [3.8, 4) is 0 Å². The minimum atomic E-state index is -4.02. The van der Waals surface area contributed by atoms with E-state index in [-0.39, 0.29) is 0 Å². The smallest absolute Gasteiger partial charge is 0.295 e. The Hall–Kier alpha value is -0.250. The first-order chi connectivity index (χ1) is 5.97. The van der Waals surface area contributed by atoms with Crippen molar-refractivity contribution in [1.29, 1.82) is 0 Å². The Kier molecular flexibility index (Phi) is 5.37. The molecule has 1 aliphatic heterocycles. The summed E-state index contributed by atoms with van der Waals surface area (Å²) in [4.78, 5) is 1.46. The normalized spacial score (nSPS) is 24.0. The van der Waals surface area contributed by atoms with Crippen LogP contribution in [-0.2, 0) is 0 Å². The predicted octanol–water partition coefficient (Wildman–Crippen LogP) is 2.92. The van der Waals surface area contributed by atoms with E-state index in [4.69, 9.17) is 0 Å². The molecular formula is C9H18F3N. The van der Waals surface area contributed by atoms with Gasteiger partial charge in [0.1, 0.15) is 0 Å². The highest BCUT2D eigenvalue weighted by molar-refractivity contribution is 4.74. The first-order valence-electron chi connectivity index (χ1n) is 4.76. The van der Waals surface area contributed by atoms with Crippen molar-refractivity contribution in [2.24, 2.45) is 5.92 Å². The molecule has 80 valence electrons. The highest BCUT2D eigenvalue weighted by atomic mass is 19.4. The fourth-order valence-electron chi connectivity index (χ4n) is 1.42. The Labute approximate surface area is 77.9 Å². The number of alkyl halides is 3. The van der Waals surface area contributed by atoms with E-state index in [1.165, 1.54) is 4.90 Å². The van der Waals surface area contributed by atoms with Gasteiger partial charge >= 0.3 is 6.18 Å². The van der Waals surface area contributed by atoms with Crippen molar-refractivity contribution >= 4 is 0 Å². The molecule has 1 unspecified atom stereocenters. The topological polar surface area (TPSA) is 3.24 Å². The number of halogens is 3. The highest BCUT2D eigenvalue weighted by Crippen LogP contribution is 2.21. The molecule has 0 aliphatic carbocycles. The first kappa shape index (κ1) is 12.8. The molecule has 0 aromatic rings. The molecule has 4 heteroatoms. The summed E-state index contributed by atoms with van der Waals surface area (Å²) in [6.07, 6.45) is -3.12. The lowest BCUT2D eigenvalue weighted by molar-refractivity contribution is -0.143. The summed E-state index contributed by atoms with van der Waals surface area (Å²) in [6, 6.07) is 0. The van der Waals surface area contributed by atoms with Crippen LogP contribution >= 0.6 is 0 Å². The lowest BCUT2D eigenvalue weighted by atomic mass is 10.2. The maximum Gasteiger partial charge on any atom is 0.401 e. The summed E-state index contributed by atoms with van der Waals surface area (Å²) in [5.74, 6) is 0.428. The minimum absolute atomic E-state index is 0.428. The Morgan fingerprint density at radius 1 is 1.31 bits per heavy atom. The van der Waals surface area contributed by atoms with Crippen molar-refractivity contribution in [3.05, 3.63) is 0 Å². The predicted molar refractivity (Wildman–Crippen MR) is 47.6 cm³/mol. The van der Waals surface area contributed by atoms with Crippen molar-refractivity contribution in [1.82, 2.24) is 4.90 Å². The van der Waals surface area contributed by atoms with Crippen LogP contribution in [0.25, 0.3) is 0 Å². The average Bonchev–Trinajstić information content (AvgIpc) is 2.36. The molecule has 1 atom stereocenters. The number of likely N-dealkylation sites (tertiary alicyclic amines) is 1. The summed E-state index contributed by atoms with van der Waals surface area (Å²) in [5.41, 5.74) is 0. The SMILES string of the molecule is CC.CC1CCN(CC(F)(F)F)C1. The van der Waals surface area contributed by atoms with Gasteiger partial charge in [-0.15, -0.1) is 0 Å². The fourth-order valence-corrected chi connectivity index (χ4v) is 1.42. The molecule has 1 saturated heterocycles. The van der Waals surface area contributed by atoms with Crippen LogP contribution in [0, 0.1) is 5.92 Å². The minimum Gasteiger partial charge on any atom is -0.295 e. The second kappa shape index (κ2) is 5.47. The van der Waals surface area contributed by atoms with E-state index in [2.05, 4.69) is 0 Å². The van der Waals surface area contributed by atoms with Gasteiger partial charge in [0.2, 0.25) is 0 Å². The van der Waals surface area contributed by atoms with Gasteiger partial charge in [-0.25, -0.2) is 0 Å². The van der Waals surface area contributed by atoms with Gasteiger partial charge in [0, 0.05) is 6.54 Å². The van der Waals surface area contributed by atoms with Crippen LogP contribution < -0.4 is 0 Å². The second-order valence-corrected chi connectivity index (χ2v) is 3.24. The number of rotatable bonds is 1. The molecule has 1 aliphatic rings. The molecule has 0 aromatic carbocycles. The van der Waals surface area contributed by atoms with Crippen molar-refractivity contribution < 1.29 is 13.2 Å². The summed E-state index contributed by atoms with van der Waals surface area (Å²) < 4.78 is 35.4. The lowest BCUT2D eigenvalue weighted by Gasteiger charge is -2.16. The van der Waals surface area contributed by atoms with Gasteiger partial charge in [-0.05, 0) is 18.9 Å². The quantitative estimate of drug-likeness (QED) is 0.624. The second-order valence-electron chi connectivity index (χ2n) is 3.24. The van der Waals surface area contributed by atoms with Crippen molar-refractivity contribution in [3.63, 3.8) is 0 Å². The fraction of sp³-hybridized carbons (Fsp3) is 1.00. The molecule has 0 amide bonds. The Morgan fingerprint density at radius 3 is 2.15 bits per heavy atom. The zero-order valence-electron chi connectivity index (χ0n) is 8.49. The number of hydrogen-bond acceptors (Lipinski definition) is 1. The molecule has 1 heterocycles. The third-order valence-electron chi connectivity index (χ3n) is 1.91. The van der Waals surface area contributed by atoms with Crippen LogP contribution in [-0.4, -0.2) is 30.7 Å². The first-order valence-corrected chi connectivity index (χ1v) is 4.76. The standard InChI is InChI=1S/C7H12F3N.C2H6/c1-6-2-3-11(4-6)5-7(8,9)10;1-2/h6H,2-5H2,1H3;1-2H3. The summed E-state index contributed by atoms with van der Waals surface area (Å²) >= 11 is 0. The van der Waals surface area contributed by atoms with Gasteiger partial charge in [0.05, 0.1) is 6.54 Å². The van der Waals surface area contributed by atoms with Crippen LogP contribution in [0.15, 0.2) is 0 Å². The van der Waals surface area contributed by atoms with Gasteiger partial charge in [-0.2, -0.15) is 13.2 Å². The molecule has 1 rings (SSSR count). The van der Waals surface area contributed by atoms with Gasteiger partial charge in [0.25, 0.3) is 0 Å². The van der Waals surface area contributed by atoms with Crippen LogP contribution in [0.4, 0.5) is 13.2 Å². The van der Waals surface area contributed by atoms with Crippen LogP contribution in [0.1, 0.15) is 27.2 Å². The van der Waals surface area contributed by atoms with Crippen LogP contribution in [0.3, 0.4) is 0 Å². The monoisotopic (exact) mass is 197 g/mol. The van der Waals surface area contributed by atoms with Crippen LogP contribution in [0.2, 0.25) is 0 Å². The summed E-state index contributed by atoms with van der Waals surface area (Å²) in [7, 11) is 0. The third kappa shape index (κ3) is 5.91. The summed E-state index contributed by atoms with van der Waals surface area (Å²) in [5, 5.41) is 0. The van der Waals surface area contributed by atoms with Gasteiger partial charge in [-0.1, -0.05) is 20.8 Å². The molecule has 0 bridgehead atoms. The largest absolute Gasteiger partial charge is 0.401 e. The molecule has 0 saturated carbocycles. The molecule has 0 spiro atoms. The molecule has 0 radical (unpaired) electrons. The molecule has 1 nitrogen and oxygen atoms in total. The van der Waals surface area contributed by atoms with Crippen LogP contribution in [0.5, 0.6) is 0 Å². The average molecular weight is 197 g/mol. The van der Waals surface area contributed by atoms with E-state index in [0.29, 0.717) is 19.0 Å². The van der Waals surface area contributed by atoms with E-state index in [0.717, 1.165) is 6.42 Å². The Bertz CT molecular complexity index is 133. The molecule has 13 heavy (non-hydrogen) atoms. The van der Waals surface area contributed by atoms with Crippen molar-refractivity contribution in [2.45, 2.75) is 33.4 Å². The highest BCUT2D eigenvalue weighted by Gasteiger charge is 2.33. The molecule has 0 aromatic heterocycles. The molecule has 1 fully saturated rings. The Balaban J connectivity index is 0.000000671. The van der Waals surface area contributed by atoms with E-state index in [1.54, 1.807) is 0 Å². The van der Waals surface area contributed by atoms with Gasteiger partial charge in [0.15, 0.2) is 0 Å². The molecule has 0 N–H and O–H groups in total. The Morgan fingerprint density at radius 2 is 1.85 bits per heavy atom. The molecular weight excluding hydrogens is 179 g/mol. The van der Waals surface area contributed by atoms with E-state index < -0.39 is 12.7 Å². The zero-order valence-corrected chi connectivity index (χ0v) is 8.49. The maximum atomic E-state index is 11.8. The van der Waals surface area contributed by atoms with E-state index in [1.807, 2.05) is 20.8 Å². The summed E-state index contributed by atoms with van der Waals surface area (Å²) in [6.45, 7) is 6.44. The number of nitrogens with zero attached hydrogens (tertiary/aromatic N) is 1. The van der Waals surface area contributed by atoms with Crippen molar-refractivity contribution in [2.75, 3.05) is 19.6 Å². The third-order valence-corrected chi connectivity index (χ3v) is 1.91. The van der Waals surface area contributed by atoms with E-state index >= 15 is 0 Å². The van der Waals surface area contributed by atoms with Gasteiger partial charge in [-0.3, -0.25) is 4.90 Å². The van der Waals surface area contributed by atoms with E-state index in [9.17, 15) is 13.2 Å². The zero-order chi connectivity index (χ0) is 10.5. The number of hydrogen-bond donors (Lipinski definition) is 0. The maximum absolute atomic E-state index is 11.8.